The van der Waals surface area contributed by atoms with E-state index in [0.29, 0.717) is 27.4 Å². The summed E-state index contributed by atoms with van der Waals surface area (Å²) in [6.45, 7) is 3.68. The number of anilines is 1. The van der Waals surface area contributed by atoms with Crippen LogP contribution in [0.4, 0.5) is 5.69 Å². The van der Waals surface area contributed by atoms with Gasteiger partial charge < -0.3 is 19.0 Å². The summed E-state index contributed by atoms with van der Waals surface area (Å²) in [6.07, 6.45) is 1.61. The van der Waals surface area contributed by atoms with Crippen molar-refractivity contribution in [3.05, 3.63) is 41.3 Å². The smallest absolute Gasteiger partial charge is 0.237 e. The number of benzene rings is 1. The second-order valence-corrected chi connectivity index (χ2v) is 7.57. The first kappa shape index (κ1) is 19.3. The number of ether oxygens (including phenoxy) is 1. The Morgan fingerprint density at radius 2 is 2.15 bits per heavy atom. The first-order valence-electron chi connectivity index (χ1n) is 8.15. The molecule has 3 rings (SSSR count). The van der Waals surface area contributed by atoms with E-state index in [0.717, 1.165) is 11.3 Å². The summed E-state index contributed by atoms with van der Waals surface area (Å²) >= 11 is 7.42. The molecule has 0 aliphatic rings. The third kappa shape index (κ3) is 4.12. The number of carbonyl (C=O) groups excluding carboxylic acids is 1. The zero-order chi connectivity index (χ0) is 19.6. The molecule has 9 heteroatoms. The molecular weight excluding hydrogens is 388 g/mol. The average molecular weight is 407 g/mol. The number of nitrogens with one attached hydrogen (secondary N) is 1. The van der Waals surface area contributed by atoms with Crippen LogP contribution in [0.5, 0.6) is 5.75 Å². The topological polar surface area (TPSA) is 82.2 Å². The lowest BCUT2D eigenvalue weighted by Gasteiger charge is -2.12. The lowest BCUT2D eigenvalue weighted by atomic mass is 10.2. The van der Waals surface area contributed by atoms with Crippen LogP contribution in [0, 0.1) is 6.92 Å². The Morgan fingerprint density at radius 1 is 1.37 bits per heavy atom. The van der Waals surface area contributed by atoms with Crippen LogP contribution in [0.3, 0.4) is 0 Å². The van der Waals surface area contributed by atoms with Crippen LogP contribution < -0.4 is 10.1 Å². The first-order valence-corrected chi connectivity index (χ1v) is 9.41. The average Bonchev–Trinajstić information content (AvgIpc) is 3.21. The first-order chi connectivity index (χ1) is 12.9. The molecule has 0 saturated carbocycles. The van der Waals surface area contributed by atoms with Crippen molar-refractivity contribution >= 4 is 35.0 Å². The van der Waals surface area contributed by atoms with E-state index in [9.17, 15) is 4.79 Å². The molecule has 1 N–H and O–H groups in total. The van der Waals surface area contributed by atoms with Crippen molar-refractivity contribution in [1.82, 2.24) is 14.8 Å². The molecule has 142 valence electrons. The summed E-state index contributed by atoms with van der Waals surface area (Å²) < 4.78 is 12.3. The van der Waals surface area contributed by atoms with Crippen LogP contribution in [0.25, 0.3) is 11.4 Å². The monoisotopic (exact) mass is 406 g/mol. The van der Waals surface area contributed by atoms with Gasteiger partial charge in [-0.1, -0.05) is 23.4 Å². The molecule has 2 aromatic heterocycles. The number of amides is 1. The number of furan rings is 1. The summed E-state index contributed by atoms with van der Waals surface area (Å²) in [4.78, 5) is 12.5. The number of thioether (sulfide) groups is 1. The van der Waals surface area contributed by atoms with Gasteiger partial charge in [-0.3, -0.25) is 4.79 Å². The molecule has 0 aliphatic heterocycles. The van der Waals surface area contributed by atoms with Crippen molar-refractivity contribution in [2.75, 3.05) is 12.4 Å². The molecule has 2 heterocycles. The second-order valence-electron chi connectivity index (χ2n) is 5.85. The minimum Gasteiger partial charge on any atom is -0.495 e. The van der Waals surface area contributed by atoms with Crippen molar-refractivity contribution in [3.63, 3.8) is 0 Å². The van der Waals surface area contributed by atoms with Gasteiger partial charge in [0.1, 0.15) is 11.5 Å². The Bertz CT molecular complexity index is 969. The van der Waals surface area contributed by atoms with Gasteiger partial charge in [0, 0.05) is 12.7 Å². The number of hydrogen-bond donors (Lipinski definition) is 1. The van der Waals surface area contributed by atoms with Crippen LogP contribution in [-0.2, 0) is 11.8 Å². The molecule has 1 aromatic carbocycles. The molecule has 0 spiro atoms. The molecule has 27 heavy (non-hydrogen) atoms. The summed E-state index contributed by atoms with van der Waals surface area (Å²) in [5, 5.41) is 11.9. The zero-order valence-electron chi connectivity index (χ0n) is 15.3. The summed E-state index contributed by atoms with van der Waals surface area (Å²) in [7, 11) is 3.40. The Hall–Kier alpha value is -2.45. The van der Waals surface area contributed by atoms with Crippen molar-refractivity contribution in [3.8, 4) is 17.1 Å². The van der Waals surface area contributed by atoms with Gasteiger partial charge in [-0.2, -0.15) is 0 Å². The van der Waals surface area contributed by atoms with E-state index in [-0.39, 0.29) is 11.2 Å². The van der Waals surface area contributed by atoms with E-state index in [1.165, 1.54) is 11.8 Å². The maximum atomic E-state index is 12.5. The number of halogens is 1. The Labute approximate surface area is 166 Å². The maximum Gasteiger partial charge on any atom is 0.237 e. The molecule has 0 aliphatic carbocycles. The summed E-state index contributed by atoms with van der Waals surface area (Å²) in [6, 6.07) is 6.94. The standard InChI is InChI=1S/C18H19ClN4O3S/c1-10-13(7-8-26-10)16-21-22-18(23(16)3)27-11(2)17(24)20-12-5-6-15(25-4)14(19)9-12/h5-9,11H,1-4H3,(H,20,24)/t11-/m1/s1. The molecule has 0 saturated heterocycles. The number of nitrogens with zero attached hydrogens (tertiary/aromatic N) is 3. The van der Waals surface area contributed by atoms with E-state index in [1.807, 2.05) is 31.5 Å². The predicted octanol–water partition coefficient (Wildman–Crippen LogP) is 4.16. The number of aromatic nitrogens is 3. The van der Waals surface area contributed by atoms with Crippen LogP contribution in [0.2, 0.25) is 5.02 Å². The molecule has 1 atom stereocenters. The van der Waals surface area contributed by atoms with E-state index in [2.05, 4.69) is 15.5 Å². The number of hydrogen-bond acceptors (Lipinski definition) is 6. The minimum absolute atomic E-state index is 0.162. The number of aryl methyl sites for hydroxylation is 1. The zero-order valence-corrected chi connectivity index (χ0v) is 16.9. The fourth-order valence-corrected chi connectivity index (χ4v) is 3.54. The predicted molar refractivity (Wildman–Crippen MR) is 105 cm³/mol. The van der Waals surface area contributed by atoms with Crippen molar-refractivity contribution in [1.29, 1.82) is 0 Å². The van der Waals surface area contributed by atoms with Gasteiger partial charge in [-0.05, 0) is 38.1 Å². The Morgan fingerprint density at radius 3 is 2.78 bits per heavy atom. The van der Waals surface area contributed by atoms with E-state index < -0.39 is 0 Å². The fraction of sp³-hybridized carbons (Fsp3) is 0.278. The number of rotatable bonds is 6. The van der Waals surface area contributed by atoms with Crippen molar-refractivity contribution in [2.24, 2.45) is 7.05 Å². The molecule has 1 amide bonds. The summed E-state index contributed by atoms with van der Waals surface area (Å²) in [5.41, 5.74) is 1.48. The molecule has 7 nitrogen and oxygen atoms in total. The molecule has 3 aromatic rings. The SMILES string of the molecule is COc1ccc(NC(=O)[C@@H](C)Sc2nnc(-c3ccoc3C)n2C)cc1Cl. The van der Waals surface area contributed by atoms with Gasteiger partial charge in [0.15, 0.2) is 11.0 Å². The van der Waals surface area contributed by atoms with Gasteiger partial charge in [-0.25, -0.2) is 0 Å². The lowest BCUT2D eigenvalue weighted by molar-refractivity contribution is -0.115. The van der Waals surface area contributed by atoms with E-state index in [1.54, 1.807) is 31.6 Å². The lowest BCUT2D eigenvalue weighted by Crippen LogP contribution is -2.22. The highest BCUT2D eigenvalue weighted by molar-refractivity contribution is 8.00. The summed E-state index contributed by atoms with van der Waals surface area (Å²) in [5.74, 6) is 1.85. The molecular formula is C18H19ClN4O3S. The fourth-order valence-electron chi connectivity index (χ4n) is 2.47. The van der Waals surface area contributed by atoms with Gasteiger partial charge in [-0.15, -0.1) is 10.2 Å². The maximum absolute atomic E-state index is 12.5. The molecule has 0 radical (unpaired) electrons. The number of carbonyl (C=O) groups is 1. The Kier molecular flexibility index (Phi) is 5.76. The highest BCUT2D eigenvalue weighted by atomic mass is 35.5. The van der Waals surface area contributed by atoms with Crippen LogP contribution in [-0.4, -0.2) is 33.0 Å². The second kappa shape index (κ2) is 8.06. The van der Waals surface area contributed by atoms with Crippen LogP contribution in [0.15, 0.2) is 40.1 Å². The highest BCUT2D eigenvalue weighted by Gasteiger charge is 2.21. The highest BCUT2D eigenvalue weighted by Crippen LogP contribution is 2.30. The van der Waals surface area contributed by atoms with Crippen LogP contribution in [0.1, 0.15) is 12.7 Å². The van der Waals surface area contributed by atoms with Crippen molar-refractivity contribution < 1.29 is 13.9 Å². The number of methoxy groups -OCH3 is 1. The third-order valence-electron chi connectivity index (χ3n) is 4.01. The van der Waals surface area contributed by atoms with Crippen LogP contribution >= 0.6 is 23.4 Å². The van der Waals surface area contributed by atoms with Gasteiger partial charge in [0.25, 0.3) is 0 Å². The van der Waals surface area contributed by atoms with Gasteiger partial charge in [0.2, 0.25) is 5.91 Å². The normalized spacial score (nSPS) is 12.0. The molecule has 0 unspecified atom stereocenters. The molecule has 0 fully saturated rings. The van der Waals surface area contributed by atoms with Crippen molar-refractivity contribution in [2.45, 2.75) is 24.3 Å². The Balaban J connectivity index is 1.69. The quantitative estimate of drug-likeness (QED) is 0.619. The van der Waals surface area contributed by atoms with E-state index in [4.69, 9.17) is 20.8 Å². The minimum atomic E-state index is -0.382. The van der Waals surface area contributed by atoms with Gasteiger partial charge in [0.05, 0.1) is 29.2 Å². The largest absolute Gasteiger partial charge is 0.495 e. The van der Waals surface area contributed by atoms with E-state index >= 15 is 0 Å². The third-order valence-corrected chi connectivity index (χ3v) is 5.43. The molecule has 0 bridgehead atoms. The van der Waals surface area contributed by atoms with Gasteiger partial charge >= 0.3 is 0 Å².